The number of carbonyl (C=O) groups excluding carboxylic acids is 1. The molecule has 0 atom stereocenters. The monoisotopic (exact) mass is 349 g/mol. The summed E-state index contributed by atoms with van der Waals surface area (Å²) in [6.07, 6.45) is 6.43. The third-order valence-corrected chi connectivity index (χ3v) is 3.72. The van der Waals surface area contributed by atoms with Gasteiger partial charge in [-0.1, -0.05) is 6.07 Å². The van der Waals surface area contributed by atoms with Gasteiger partial charge in [0.1, 0.15) is 0 Å². The molecule has 3 heterocycles. The van der Waals surface area contributed by atoms with Crippen LogP contribution < -0.4 is 20.1 Å². The number of rotatable bonds is 5. The minimum Gasteiger partial charge on any atom is -0.454 e. The van der Waals surface area contributed by atoms with Crippen LogP contribution in [0.3, 0.4) is 0 Å². The second-order valence-corrected chi connectivity index (χ2v) is 5.53. The summed E-state index contributed by atoms with van der Waals surface area (Å²) in [5.74, 6) is 1.40. The maximum atomic E-state index is 12.3. The Morgan fingerprint density at radius 3 is 2.73 bits per heavy atom. The van der Waals surface area contributed by atoms with Crippen molar-refractivity contribution in [3.05, 3.63) is 66.2 Å². The molecule has 8 heteroatoms. The molecule has 0 aliphatic carbocycles. The fourth-order valence-electron chi connectivity index (χ4n) is 2.40. The molecule has 2 aromatic heterocycles. The maximum Gasteiger partial charge on any atom is 0.258 e. The SMILES string of the molecule is O=C(Nc1ccc2c(c1)OCO2)c1cnc(NCc2cccnc2)nc1. The van der Waals surface area contributed by atoms with E-state index in [2.05, 4.69) is 25.6 Å². The summed E-state index contributed by atoms with van der Waals surface area (Å²) in [7, 11) is 0. The molecule has 0 bridgehead atoms. The zero-order chi connectivity index (χ0) is 17.8. The molecule has 0 spiro atoms. The maximum absolute atomic E-state index is 12.3. The lowest BCUT2D eigenvalue weighted by molar-refractivity contribution is 0.102. The van der Waals surface area contributed by atoms with Gasteiger partial charge >= 0.3 is 0 Å². The Hall–Kier alpha value is -3.68. The van der Waals surface area contributed by atoms with Gasteiger partial charge in [-0.15, -0.1) is 0 Å². The van der Waals surface area contributed by atoms with Gasteiger partial charge in [0.2, 0.25) is 12.7 Å². The molecule has 130 valence electrons. The number of benzene rings is 1. The van der Waals surface area contributed by atoms with Crippen molar-refractivity contribution >= 4 is 17.5 Å². The number of aromatic nitrogens is 3. The third kappa shape index (κ3) is 3.54. The lowest BCUT2D eigenvalue weighted by atomic mass is 10.2. The van der Waals surface area contributed by atoms with Gasteiger partial charge in [-0.2, -0.15) is 0 Å². The van der Waals surface area contributed by atoms with Gasteiger partial charge in [-0.25, -0.2) is 9.97 Å². The van der Waals surface area contributed by atoms with E-state index in [0.29, 0.717) is 35.2 Å². The molecule has 26 heavy (non-hydrogen) atoms. The molecule has 8 nitrogen and oxygen atoms in total. The van der Waals surface area contributed by atoms with Crippen molar-refractivity contribution in [2.24, 2.45) is 0 Å². The van der Waals surface area contributed by atoms with Gasteiger partial charge < -0.3 is 20.1 Å². The number of pyridine rings is 1. The summed E-state index contributed by atoms with van der Waals surface area (Å²) in [5, 5.41) is 5.86. The van der Waals surface area contributed by atoms with Crippen LogP contribution in [0.1, 0.15) is 15.9 Å². The van der Waals surface area contributed by atoms with Gasteiger partial charge in [0.15, 0.2) is 11.5 Å². The highest BCUT2D eigenvalue weighted by atomic mass is 16.7. The summed E-state index contributed by atoms with van der Waals surface area (Å²) in [4.78, 5) is 24.7. The predicted octanol–water partition coefficient (Wildman–Crippen LogP) is 2.46. The largest absolute Gasteiger partial charge is 0.454 e. The Balaban J connectivity index is 1.37. The first-order valence-corrected chi connectivity index (χ1v) is 7.94. The molecule has 0 saturated carbocycles. The van der Waals surface area contributed by atoms with E-state index in [1.807, 2.05) is 12.1 Å². The molecular formula is C18H15N5O3. The van der Waals surface area contributed by atoms with Gasteiger partial charge in [0.05, 0.1) is 5.56 Å². The first-order chi connectivity index (χ1) is 12.8. The Bertz CT molecular complexity index is 916. The van der Waals surface area contributed by atoms with Crippen LogP contribution in [-0.4, -0.2) is 27.7 Å². The van der Waals surface area contributed by atoms with Crippen molar-refractivity contribution in [3.63, 3.8) is 0 Å². The summed E-state index contributed by atoms with van der Waals surface area (Å²) >= 11 is 0. The lowest BCUT2D eigenvalue weighted by Gasteiger charge is -2.07. The molecule has 1 amide bonds. The number of hydrogen-bond acceptors (Lipinski definition) is 7. The van der Waals surface area contributed by atoms with Gasteiger partial charge in [-0.05, 0) is 23.8 Å². The highest BCUT2D eigenvalue weighted by Crippen LogP contribution is 2.34. The molecule has 1 aliphatic heterocycles. The van der Waals surface area contributed by atoms with Crippen LogP contribution in [0, 0.1) is 0 Å². The van der Waals surface area contributed by atoms with Crippen LogP contribution in [0.25, 0.3) is 0 Å². The van der Waals surface area contributed by atoms with Crippen molar-refractivity contribution in [1.82, 2.24) is 15.0 Å². The fraction of sp³-hybridized carbons (Fsp3) is 0.111. The van der Waals surface area contributed by atoms with E-state index in [0.717, 1.165) is 5.56 Å². The minimum atomic E-state index is -0.303. The van der Waals surface area contributed by atoms with Crippen molar-refractivity contribution in [1.29, 1.82) is 0 Å². The molecular weight excluding hydrogens is 334 g/mol. The first kappa shape index (κ1) is 15.8. The number of nitrogens with zero attached hydrogens (tertiary/aromatic N) is 3. The quantitative estimate of drug-likeness (QED) is 0.730. The average molecular weight is 349 g/mol. The summed E-state index contributed by atoms with van der Waals surface area (Å²) in [6, 6.07) is 9.02. The first-order valence-electron chi connectivity index (χ1n) is 7.94. The van der Waals surface area contributed by atoms with E-state index in [1.165, 1.54) is 12.4 Å². The van der Waals surface area contributed by atoms with E-state index in [4.69, 9.17) is 9.47 Å². The van der Waals surface area contributed by atoms with Crippen molar-refractivity contribution in [2.75, 3.05) is 17.4 Å². The minimum absolute atomic E-state index is 0.189. The number of nitrogens with one attached hydrogen (secondary N) is 2. The van der Waals surface area contributed by atoms with E-state index in [1.54, 1.807) is 30.6 Å². The highest BCUT2D eigenvalue weighted by molar-refractivity contribution is 6.04. The molecule has 0 fully saturated rings. The van der Waals surface area contributed by atoms with E-state index < -0.39 is 0 Å². The highest BCUT2D eigenvalue weighted by Gasteiger charge is 2.15. The third-order valence-electron chi connectivity index (χ3n) is 3.72. The number of amides is 1. The number of fused-ring (bicyclic) bond motifs is 1. The topological polar surface area (TPSA) is 98.3 Å². The summed E-state index contributed by atoms with van der Waals surface area (Å²) in [6.45, 7) is 0.741. The standard InChI is InChI=1S/C18H15N5O3/c24-17(23-14-3-4-15-16(6-14)26-11-25-15)13-9-21-18(22-10-13)20-8-12-2-1-5-19-7-12/h1-7,9-10H,8,11H2,(H,23,24)(H,20,21,22). The number of hydrogen-bond donors (Lipinski definition) is 2. The Morgan fingerprint density at radius 2 is 1.92 bits per heavy atom. The molecule has 0 saturated heterocycles. The Morgan fingerprint density at radius 1 is 1.08 bits per heavy atom. The van der Waals surface area contributed by atoms with E-state index in [9.17, 15) is 4.79 Å². The van der Waals surface area contributed by atoms with Crippen LogP contribution in [0.15, 0.2) is 55.1 Å². The molecule has 1 aliphatic rings. The lowest BCUT2D eigenvalue weighted by Crippen LogP contribution is -2.13. The van der Waals surface area contributed by atoms with Crippen molar-refractivity contribution < 1.29 is 14.3 Å². The molecule has 0 radical (unpaired) electrons. The van der Waals surface area contributed by atoms with Crippen LogP contribution in [0.5, 0.6) is 11.5 Å². The van der Waals surface area contributed by atoms with Crippen LogP contribution in [-0.2, 0) is 6.54 Å². The zero-order valence-corrected chi connectivity index (χ0v) is 13.7. The normalized spacial score (nSPS) is 11.8. The fourth-order valence-corrected chi connectivity index (χ4v) is 2.40. The molecule has 3 aromatic rings. The van der Waals surface area contributed by atoms with Crippen LogP contribution in [0.4, 0.5) is 11.6 Å². The van der Waals surface area contributed by atoms with Gasteiger partial charge in [-0.3, -0.25) is 9.78 Å². The number of ether oxygens (including phenoxy) is 2. The smallest absolute Gasteiger partial charge is 0.258 e. The van der Waals surface area contributed by atoms with Gasteiger partial charge in [0.25, 0.3) is 5.91 Å². The van der Waals surface area contributed by atoms with Crippen LogP contribution in [0.2, 0.25) is 0 Å². The Labute approximate surface area is 149 Å². The van der Waals surface area contributed by atoms with Crippen molar-refractivity contribution in [2.45, 2.75) is 6.54 Å². The Kier molecular flexibility index (Phi) is 4.29. The van der Waals surface area contributed by atoms with Crippen LogP contribution >= 0.6 is 0 Å². The average Bonchev–Trinajstić information content (AvgIpc) is 3.15. The van der Waals surface area contributed by atoms with Crippen molar-refractivity contribution in [3.8, 4) is 11.5 Å². The molecule has 1 aromatic carbocycles. The number of anilines is 2. The van der Waals surface area contributed by atoms with E-state index in [-0.39, 0.29) is 12.7 Å². The zero-order valence-electron chi connectivity index (χ0n) is 13.7. The summed E-state index contributed by atoms with van der Waals surface area (Å²) < 4.78 is 10.5. The number of carbonyl (C=O) groups is 1. The van der Waals surface area contributed by atoms with Gasteiger partial charge in [0, 0.05) is 43.1 Å². The molecule has 4 rings (SSSR count). The predicted molar refractivity (Wildman–Crippen MR) is 94.1 cm³/mol. The molecule has 2 N–H and O–H groups in total. The van der Waals surface area contributed by atoms with E-state index >= 15 is 0 Å². The molecule has 0 unspecified atom stereocenters. The second kappa shape index (κ2) is 7.06. The second-order valence-electron chi connectivity index (χ2n) is 5.53. The summed E-state index contributed by atoms with van der Waals surface area (Å²) in [5.41, 5.74) is 1.98.